The van der Waals surface area contributed by atoms with Crippen molar-refractivity contribution in [2.45, 2.75) is 22.3 Å². The Morgan fingerprint density at radius 2 is 1.83 bits per heavy atom. The average molecular weight is 557 g/mol. The Kier molecular flexibility index (Phi) is 10.3. The van der Waals surface area contributed by atoms with E-state index in [0.717, 1.165) is 16.9 Å². The number of sulfonamides is 1. The van der Waals surface area contributed by atoms with Crippen LogP contribution in [0.1, 0.15) is 12.0 Å². The normalized spacial score (nSPS) is 11.2. The lowest BCUT2D eigenvalue weighted by Gasteiger charge is -2.10. The summed E-state index contributed by atoms with van der Waals surface area (Å²) in [5.41, 5.74) is 0.781. The second kappa shape index (κ2) is 13.4. The maximum atomic E-state index is 12.9. The smallest absolute Gasteiger partial charge is 0.263 e. The van der Waals surface area contributed by atoms with Crippen LogP contribution in [0.15, 0.2) is 51.7 Å². The van der Waals surface area contributed by atoms with E-state index in [1.165, 1.54) is 56.3 Å². The molecular weight excluding hydrogens is 531 g/mol. The Morgan fingerprint density at radius 3 is 2.56 bits per heavy atom. The molecule has 0 saturated carbocycles. The number of ether oxygens (including phenoxy) is 3. The van der Waals surface area contributed by atoms with E-state index in [4.69, 9.17) is 14.2 Å². The molecule has 10 nitrogen and oxygen atoms in total. The summed E-state index contributed by atoms with van der Waals surface area (Å²) in [6.45, 7) is 0.576. The quantitative estimate of drug-likeness (QED) is 0.227. The highest BCUT2D eigenvalue weighted by atomic mass is 32.2. The van der Waals surface area contributed by atoms with Crippen molar-refractivity contribution in [3.8, 4) is 11.5 Å². The summed E-state index contributed by atoms with van der Waals surface area (Å²) in [6, 6.07) is 10.2. The van der Waals surface area contributed by atoms with Crippen LogP contribution in [0.4, 0.5) is 9.52 Å². The molecular formula is C22H25FN4O6S3. The van der Waals surface area contributed by atoms with Crippen molar-refractivity contribution in [2.75, 3.05) is 37.8 Å². The summed E-state index contributed by atoms with van der Waals surface area (Å²) in [7, 11) is -1.00. The topological polar surface area (TPSA) is 129 Å². The second-order valence-electron chi connectivity index (χ2n) is 7.17. The van der Waals surface area contributed by atoms with Gasteiger partial charge in [-0.1, -0.05) is 35.2 Å². The van der Waals surface area contributed by atoms with Crippen LogP contribution in [-0.2, 0) is 26.2 Å². The Morgan fingerprint density at radius 1 is 1.08 bits per heavy atom. The monoisotopic (exact) mass is 556 g/mol. The van der Waals surface area contributed by atoms with E-state index in [1.807, 2.05) is 0 Å². The molecule has 2 N–H and O–H groups in total. The van der Waals surface area contributed by atoms with Gasteiger partial charge < -0.3 is 19.5 Å². The number of carbonyl (C=O) groups is 1. The first-order valence-corrected chi connectivity index (χ1v) is 13.9. The number of hydrogen-bond donors (Lipinski definition) is 2. The van der Waals surface area contributed by atoms with Gasteiger partial charge in [-0.05, 0) is 36.2 Å². The molecule has 0 aliphatic carbocycles. The predicted octanol–water partition coefficient (Wildman–Crippen LogP) is 3.31. The van der Waals surface area contributed by atoms with Crippen LogP contribution in [0, 0.1) is 5.82 Å². The Hall–Kier alpha value is -2.94. The third-order valence-corrected chi connectivity index (χ3v) is 8.10. The first kappa shape index (κ1) is 27.6. The van der Waals surface area contributed by atoms with Crippen molar-refractivity contribution in [3.05, 3.63) is 53.8 Å². The summed E-state index contributed by atoms with van der Waals surface area (Å²) < 4.78 is 56.8. The van der Waals surface area contributed by atoms with Crippen LogP contribution in [0.5, 0.6) is 11.5 Å². The van der Waals surface area contributed by atoms with Gasteiger partial charge in [0.25, 0.3) is 10.0 Å². The van der Waals surface area contributed by atoms with E-state index in [1.54, 1.807) is 12.1 Å². The molecule has 0 aliphatic rings. The number of hydrogen-bond acceptors (Lipinski definition) is 10. The predicted molar refractivity (Wildman–Crippen MR) is 135 cm³/mol. The highest BCUT2D eigenvalue weighted by molar-refractivity contribution is 8.01. The molecule has 0 saturated heterocycles. The zero-order chi connectivity index (χ0) is 26.0. The number of methoxy groups -OCH3 is 2. The summed E-state index contributed by atoms with van der Waals surface area (Å²) in [5.74, 6) is 0.786. The summed E-state index contributed by atoms with van der Waals surface area (Å²) in [5, 5.41) is 10.8. The molecule has 0 unspecified atom stereocenters. The lowest BCUT2D eigenvalue weighted by molar-refractivity contribution is -0.126. The van der Waals surface area contributed by atoms with Crippen molar-refractivity contribution < 1.29 is 31.8 Å². The Balaban J connectivity index is 1.36. The molecule has 194 valence electrons. The van der Waals surface area contributed by atoms with Gasteiger partial charge in [0.05, 0.1) is 25.7 Å². The first-order valence-electron chi connectivity index (χ1n) is 10.6. The number of anilines is 1. The van der Waals surface area contributed by atoms with E-state index < -0.39 is 10.0 Å². The van der Waals surface area contributed by atoms with Crippen LogP contribution in [-0.4, -0.2) is 57.6 Å². The van der Waals surface area contributed by atoms with Gasteiger partial charge >= 0.3 is 0 Å². The molecule has 0 fully saturated rings. The SMILES string of the molecule is COc1ccc(S(=O)(=O)Nc2nnc(SCCCNC(=O)COCc3ccc(F)cc3)s2)cc1OC. The highest BCUT2D eigenvalue weighted by Crippen LogP contribution is 2.31. The largest absolute Gasteiger partial charge is 0.493 e. The summed E-state index contributed by atoms with van der Waals surface area (Å²) >= 11 is 2.51. The summed E-state index contributed by atoms with van der Waals surface area (Å²) in [4.78, 5) is 11.8. The lowest BCUT2D eigenvalue weighted by Crippen LogP contribution is -2.28. The van der Waals surface area contributed by atoms with E-state index in [9.17, 15) is 17.6 Å². The minimum atomic E-state index is -3.89. The minimum Gasteiger partial charge on any atom is -0.493 e. The Labute approximate surface area is 216 Å². The fraction of sp³-hybridized carbons (Fsp3) is 0.318. The number of halogens is 1. The molecule has 0 aliphatic heterocycles. The van der Waals surface area contributed by atoms with Crippen molar-refractivity contribution in [1.29, 1.82) is 0 Å². The molecule has 0 radical (unpaired) electrons. The minimum absolute atomic E-state index is 0.00180. The van der Waals surface area contributed by atoms with Crippen LogP contribution in [0.2, 0.25) is 0 Å². The molecule has 0 spiro atoms. The van der Waals surface area contributed by atoms with Crippen molar-refractivity contribution in [1.82, 2.24) is 15.5 Å². The maximum absolute atomic E-state index is 12.9. The van der Waals surface area contributed by atoms with Crippen molar-refractivity contribution >= 4 is 44.2 Å². The number of nitrogens with one attached hydrogen (secondary N) is 2. The van der Waals surface area contributed by atoms with Crippen LogP contribution in [0.25, 0.3) is 0 Å². The third kappa shape index (κ3) is 8.33. The van der Waals surface area contributed by atoms with Gasteiger partial charge in [-0.3, -0.25) is 9.52 Å². The fourth-order valence-electron chi connectivity index (χ4n) is 2.82. The second-order valence-corrected chi connectivity index (χ2v) is 11.2. The molecule has 2 aromatic carbocycles. The van der Waals surface area contributed by atoms with Crippen LogP contribution in [0.3, 0.4) is 0 Å². The number of thioether (sulfide) groups is 1. The molecule has 1 heterocycles. The Bertz CT molecular complexity index is 1250. The molecule has 3 rings (SSSR count). The fourth-order valence-corrected chi connectivity index (χ4v) is 5.83. The first-order chi connectivity index (χ1) is 17.3. The molecule has 14 heteroatoms. The molecule has 1 amide bonds. The average Bonchev–Trinajstić information content (AvgIpc) is 3.30. The zero-order valence-electron chi connectivity index (χ0n) is 19.5. The van der Waals surface area contributed by atoms with Crippen LogP contribution < -0.4 is 19.5 Å². The molecule has 1 aromatic heterocycles. The molecule has 0 atom stereocenters. The van der Waals surface area contributed by atoms with Crippen molar-refractivity contribution in [2.24, 2.45) is 0 Å². The zero-order valence-corrected chi connectivity index (χ0v) is 22.0. The maximum Gasteiger partial charge on any atom is 0.263 e. The number of rotatable bonds is 14. The van der Waals surface area contributed by atoms with Gasteiger partial charge in [0.1, 0.15) is 12.4 Å². The van der Waals surface area contributed by atoms with Gasteiger partial charge in [-0.2, -0.15) is 0 Å². The highest BCUT2D eigenvalue weighted by Gasteiger charge is 2.19. The number of aromatic nitrogens is 2. The molecule has 3 aromatic rings. The van der Waals surface area contributed by atoms with E-state index in [0.29, 0.717) is 34.6 Å². The van der Waals surface area contributed by atoms with Gasteiger partial charge in [-0.15, -0.1) is 10.2 Å². The lowest BCUT2D eigenvalue weighted by atomic mass is 10.2. The van der Waals surface area contributed by atoms with Gasteiger partial charge in [0.15, 0.2) is 15.8 Å². The van der Waals surface area contributed by atoms with Crippen LogP contribution >= 0.6 is 23.1 Å². The van der Waals surface area contributed by atoms with E-state index >= 15 is 0 Å². The van der Waals surface area contributed by atoms with Crippen molar-refractivity contribution in [3.63, 3.8) is 0 Å². The molecule has 0 bridgehead atoms. The standard InChI is InChI=1S/C22H25FN4O6S3/c1-31-18-9-8-17(12-19(18)32-2)36(29,30)27-21-25-26-22(35-21)34-11-3-10-24-20(28)14-33-13-15-4-6-16(23)7-5-15/h4-9,12H,3,10-11,13-14H2,1-2H3,(H,24,28)(H,25,27). The number of amides is 1. The third-order valence-electron chi connectivity index (χ3n) is 4.58. The van der Waals surface area contributed by atoms with Gasteiger partial charge in [0.2, 0.25) is 11.0 Å². The summed E-state index contributed by atoms with van der Waals surface area (Å²) in [6.07, 6.45) is 0.667. The van der Waals surface area contributed by atoms with E-state index in [2.05, 4.69) is 20.2 Å². The van der Waals surface area contributed by atoms with Gasteiger partial charge in [0, 0.05) is 18.4 Å². The van der Waals surface area contributed by atoms with E-state index in [-0.39, 0.29) is 35.0 Å². The molecule has 36 heavy (non-hydrogen) atoms. The van der Waals surface area contributed by atoms with Gasteiger partial charge in [-0.25, -0.2) is 12.8 Å². The number of carbonyl (C=O) groups excluding carboxylic acids is 1. The number of benzene rings is 2. The number of nitrogens with zero attached hydrogens (tertiary/aromatic N) is 2.